The molecule has 2 aliphatic rings. The lowest BCUT2D eigenvalue weighted by molar-refractivity contribution is 0.0187. The molecule has 2 heterocycles. The first-order valence-corrected chi connectivity index (χ1v) is 8.42. The lowest BCUT2D eigenvalue weighted by Crippen LogP contribution is -2.33. The van der Waals surface area contributed by atoms with Gasteiger partial charge < -0.3 is 19.7 Å². The van der Waals surface area contributed by atoms with Crippen LogP contribution in [0.5, 0.6) is 11.5 Å². The van der Waals surface area contributed by atoms with Gasteiger partial charge in [-0.05, 0) is 11.1 Å². The Hall–Kier alpha value is -2.12. The van der Waals surface area contributed by atoms with E-state index < -0.39 is 0 Å². The third-order valence-electron chi connectivity index (χ3n) is 4.71. The zero-order valence-corrected chi connectivity index (χ0v) is 14.0. The Morgan fingerprint density at radius 1 is 0.760 bits per heavy atom. The summed E-state index contributed by atoms with van der Waals surface area (Å²) in [4.78, 5) is 3.67. The van der Waals surface area contributed by atoms with Gasteiger partial charge in [0.1, 0.15) is 25.0 Å². The van der Waals surface area contributed by atoms with Crippen molar-refractivity contribution in [2.24, 2.45) is 0 Å². The first kappa shape index (κ1) is 16.4. The normalized spacial score (nSPS) is 17.4. The van der Waals surface area contributed by atoms with Crippen molar-refractivity contribution in [1.82, 2.24) is 9.80 Å². The zero-order chi connectivity index (χ0) is 17.2. The Labute approximate surface area is 146 Å². The lowest BCUT2D eigenvalue weighted by Gasteiger charge is -2.30. The van der Waals surface area contributed by atoms with E-state index in [1.165, 1.54) is 0 Å². The second-order valence-electron chi connectivity index (χ2n) is 6.48. The minimum atomic E-state index is -0.00887. The van der Waals surface area contributed by atoms with Crippen LogP contribution >= 0.6 is 0 Å². The van der Waals surface area contributed by atoms with E-state index in [0.29, 0.717) is 26.6 Å². The quantitative estimate of drug-likeness (QED) is 0.877. The largest absolute Gasteiger partial charge is 0.477 e. The van der Waals surface area contributed by atoms with Crippen LogP contribution in [-0.2, 0) is 19.5 Å². The number of fused-ring (bicyclic) bond motifs is 2. The predicted molar refractivity (Wildman–Crippen MR) is 91.9 cm³/mol. The smallest absolute Gasteiger partial charge is 0.144 e. The van der Waals surface area contributed by atoms with Crippen LogP contribution in [0.25, 0.3) is 0 Å². The van der Waals surface area contributed by atoms with Crippen LogP contribution in [0, 0.1) is 0 Å². The Balaban J connectivity index is 1.62. The molecule has 4 rings (SSSR count). The highest BCUT2D eigenvalue weighted by Gasteiger charge is 2.22. The van der Waals surface area contributed by atoms with Gasteiger partial charge in [0.15, 0.2) is 0 Å². The highest BCUT2D eigenvalue weighted by atomic mass is 16.5. The molecular weight excluding hydrogens is 320 g/mol. The van der Waals surface area contributed by atoms with E-state index in [-0.39, 0.29) is 13.5 Å². The molecule has 0 amide bonds. The minimum absolute atomic E-state index is 0.00887. The van der Waals surface area contributed by atoms with Crippen molar-refractivity contribution in [1.29, 1.82) is 0 Å². The molecule has 6 nitrogen and oxygen atoms in total. The second-order valence-corrected chi connectivity index (χ2v) is 6.48. The molecule has 0 aromatic heterocycles. The van der Waals surface area contributed by atoms with Crippen molar-refractivity contribution in [2.45, 2.75) is 19.5 Å². The number of nitrogens with zero attached hydrogens (tertiary/aromatic N) is 2. The molecule has 25 heavy (non-hydrogen) atoms. The van der Waals surface area contributed by atoms with Gasteiger partial charge in [-0.3, -0.25) is 0 Å². The number of rotatable bonds is 4. The van der Waals surface area contributed by atoms with Crippen LogP contribution in [0.1, 0.15) is 22.3 Å². The van der Waals surface area contributed by atoms with Gasteiger partial charge in [0.05, 0.1) is 13.5 Å². The summed E-state index contributed by atoms with van der Waals surface area (Å²) < 4.78 is 11.8. The average molecular weight is 342 g/mol. The van der Waals surface area contributed by atoms with Gasteiger partial charge in [-0.1, -0.05) is 36.4 Å². The molecular formula is C19H22N2O4. The van der Waals surface area contributed by atoms with Gasteiger partial charge >= 0.3 is 0 Å². The second kappa shape index (κ2) is 7.01. The molecule has 0 aliphatic carbocycles. The van der Waals surface area contributed by atoms with Crippen LogP contribution < -0.4 is 9.47 Å². The molecule has 0 bridgehead atoms. The van der Waals surface area contributed by atoms with E-state index in [0.717, 1.165) is 40.2 Å². The van der Waals surface area contributed by atoms with Crippen molar-refractivity contribution in [2.75, 3.05) is 26.9 Å². The van der Waals surface area contributed by atoms with E-state index in [4.69, 9.17) is 9.47 Å². The van der Waals surface area contributed by atoms with Gasteiger partial charge in [-0.2, -0.15) is 0 Å². The molecule has 6 heteroatoms. The van der Waals surface area contributed by atoms with Crippen LogP contribution in [0.2, 0.25) is 0 Å². The summed E-state index contributed by atoms with van der Waals surface area (Å²) in [6, 6.07) is 12.3. The number of aliphatic hydroxyl groups is 2. The summed E-state index contributed by atoms with van der Waals surface area (Å²) in [6.07, 6.45) is 0.727. The average Bonchev–Trinajstić information content (AvgIpc) is 2.67. The maximum Gasteiger partial charge on any atom is 0.144 e. The summed E-state index contributed by atoms with van der Waals surface area (Å²) >= 11 is 0. The molecule has 2 aromatic carbocycles. The Kier molecular flexibility index (Phi) is 4.59. The van der Waals surface area contributed by atoms with E-state index in [1.807, 2.05) is 34.1 Å². The highest BCUT2D eigenvalue weighted by molar-refractivity contribution is 5.49. The Morgan fingerprint density at radius 2 is 1.24 bits per heavy atom. The fourth-order valence-electron chi connectivity index (χ4n) is 3.45. The summed E-state index contributed by atoms with van der Waals surface area (Å²) in [7, 11) is 0. The topological polar surface area (TPSA) is 65.4 Å². The number of benzene rings is 2. The Morgan fingerprint density at radius 3 is 1.68 bits per heavy atom. The Bertz CT molecular complexity index is 702. The predicted octanol–water partition coefficient (Wildman–Crippen LogP) is 1.48. The molecule has 0 saturated heterocycles. The van der Waals surface area contributed by atoms with Crippen molar-refractivity contribution in [3.8, 4) is 11.5 Å². The summed E-state index contributed by atoms with van der Waals surface area (Å²) in [5, 5.41) is 18.6. The first-order chi connectivity index (χ1) is 12.3. The number of hydrogen-bond donors (Lipinski definition) is 2. The first-order valence-electron chi connectivity index (χ1n) is 8.42. The molecule has 0 unspecified atom stereocenters. The molecule has 132 valence electrons. The number of ether oxygens (including phenoxy) is 2. The molecule has 0 atom stereocenters. The van der Waals surface area contributed by atoms with E-state index in [9.17, 15) is 10.2 Å². The highest BCUT2D eigenvalue weighted by Crippen LogP contribution is 2.35. The lowest BCUT2D eigenvalue weighted by atomic mass is 9.97. The van der Waals surface area contributed by atoms with E-state index in [2.05, 4.69) is 12.1 Å². The number of para-hydroxylation sites is 2. The minimum Gasteiger partial charge on any atom is -0.477 e. The van der Waals surface area contributed by atoms with Gasteiger partial charge in [-0.15, -0.1) is 0 Å². The molecule has 2 N–H and O–H groups in total. The van der Waals surface area contributed by atoms with Crippen LogP contribution in [-0.4, -0.2) is 46.9 Å². The van der Waals surface area contributed by atoms with Crippen molar-refractivity contribution < 1.29 is 19.7 Å². The molecule has 0 radical (unpaired) electrons. The zero-order valence-electron chi connectivity index (χ0n) is 14.0. The van der Waals surface area contributed by atoms with Gasteiger partial charge in [0.2, 0.25) is 0 Å². The summed E-state index contributed by atoms with van der Waals surface area (Å²) in [5.41, 5.74) is 4.43. The molecule has 0 fully saturated rings. The van der Waals surface area contributed by atoms with Gasteiger partial charge in [-0.25, -0.2) is 9.80 Å². The summed E-state index contributed by atoms with van der Waals surface area (Å²) in [5.74, 6) is 1.83. The molecule has 2 aromatic rings. The SMILES string of the molecule is OCN1COc2c(Cc3cccc4c3OCN(CO)C4)cccc2C1. The van der Waals surface area contributed by atoms with Gasteiger partial charge in [0, 0.05) is 30.6 Å². The van der Waals surface area contributed by atoms with Crippen molar-refractivity contribution in [3.05, 3.63) is 58.7 Å². The van der Waals surface area contributed by atoms with Crippen LogP contribution in [0.15, 0.2) is 36.4 Å². The van der Waals surface area contributed by atoms with Crippen molar-refractivity contribution >= 4 is 0 Å². The third-order valence-corrected chi connectivity index (χ3v) is 4.71. The van der Waals surface area contributed by atoms with Crippen molar-refractivity contribution in [3.63, 3.8) is 0 Å². The number of aliphatic hydroxyl groups excluding tert-OH is 2. The molecule has 2 aliphatic heterocycles. The maximum absolute atomic E-state index is 9.30. The van der Waals surface area contributed by atoms with Crippen LogP contribution in [0.4, 0.5) is 0 Å². The maximum atomic E-state index is 9.30. The third kappa shape index (κ3) is 3.21. The van der Waals surface area contributed by atoms with Crippen LogP contribution in [0.3, 0.4) is 0 Å². The molecule has 0 spiro atoms. The van der Waals surface area contributed by atoms with Gasteiger partial charge in [0.25, 0.3) is 0 Å². The monoisotopic (exact) mass is 342 g/mol. The van der Waals surface area contributed by atoms with E-state index in [1.54, 1.807) is 0 Å². The standard InChI is InChI=1S/C19H22N2O4/c22-10-20-8-16-5-1-3-14(18(16)24-12-20)7-15-4-2-6-17-9-21(11-23)13-25-19(15)17/h1-6,22-23H,7-13H2. The van der Waals surface area contributed by atoms with E-state index >= 15 is 0 Å². The fourth-order valence-corrected chi connectivity index (χ4v) is 3.45. The molecule has 0 saturated carbocycles. The summed E-state index contributed by atoms with van der Waals surface area (Å²) in [6.45, 7) is 2.16. The fraction of sp³-hybridized carbons (Fsp3) is 0.368. The number of hydrogen-bond acceptors (Lipinski definition) is 6.